The standard InChI is InChI=1S/C15H20ClFN4/c1-10(2)8-21-15(19-9-20-21)7-14(18-3)12-5-4-11(16)6-13(12)17/h4-6,9-10,14,18H,7-8H2,1-3H3. The van der Waals surface area contributed by atoms with Gasteiger partial charge in [-0.1, -0.05) is 31.5 Å². The van der Waals surface area contributed by atoms with Crippen LogP contribution in [0.4, 0.5) is 4.39 Å². The molecule has 0 amide bonds. The smallest absolute Gasteiger partial charge is 0.138 e. The van der Waals surface area contributed by atoms with E-state index in [-0.39, 0.29) is 11.9 Å². The van der Waals surface area contributed by atoms with Crippen molar-refractivity contribution in [3.8, 4) is 0 Å². The maximum absolute atomic E-state index is 14.1. The zero-order chi connectivity index (χ0) is 15.4. The van der Waals surface area contributed by atoms with Gasteiger partial charge in [-0.2, -0.15) is 5.10 Å². The molecule has 114 valence electrons. The molecule has 4 nitrogen and oxygen atoms in total. The number of rotatable bonds is 6. The Hall–Kier alpha value is -1.46. The third-order valence-corrected chi connectivity index (χ3v) is 3.54. The summed E-state index contributed by atoms with van der Waals surface area (Å²) in [6.07, 6.45) is 2.12. The number of benzene rings is 1. The fourth-order valence-electron chi connectivity index (χ4n) is 2.28. The molecule has 6 heteroatoms. The molecule has 0 fully saturated rings. The highest BCUT2D eigenvalue weighted by molar-refractivity contribution is 6.30. The molecule has 1 aromatic carbocycles. The van der Waals surface area contributed by atoms with Gasteiger partial charge in [-0.15, -0.1) is 0 Å². The Morgan fingerprint density at radius 1 is 1.38 bits per heavy atom. The maximum Gasteiger partial charge on any atom is 0.138 e. The van der Waals surface area contributed by atoms with Gasteiger partial charge in [-0.25, -0.2) is 14.1 Å². The topological polar surface area (TPSA) is 42.7 Å². The first-order valence-corrected chi connectivity index (χ1v) is 7.38. The summed E-state index contributed by atoms with van der Waals surface area (Å²) in [4.78, 5) is 4.29. The number of nitrogens with zero attached hydrogens (tertiary/aromatic N) is 3. The van der Waals surface area contributed by atoms with Crippen molar-refractivity contribution in [3.63, 3.8) is 0 Å². The lowest BCUT2D eigenvalue weighted by atomic mass is 10.0. The van der Waals surface area contributed by atoms with Crippen molar-refractivity contribution in [1.29, 1.82) is 0 Å². The van der Waals surface area contributed by atoms with E-state index in [0.717, 1.165) is 12.4 Å². The third-order valence-electron chi connectivity index (χ3n) is 3.31. The number of nitrogens with one attached hydrogen (secondary N) is 1. The van der Waals surface area contributed by atoms with E-state index < -0.39 is 0 Å². The van der Waals surface area contributed by atoms with Crippen molar-refractivity contribution in [1.82, 2.24) is 20.1 Å². The molecular weight excluding hydrogens is 291 g/mol. The van der Waals surface area contributed by atoms with E-state index in [4.69, 9.17) is 11.6 Å². The van der Waals surface area contributed by atoms with Gasteiger partial charge in [0.15, 0.2) is 0 Å². The summed E-state index contributed by atoms with van der Waals surface area (Å²) < 4.78 is 15.9. The summed E-state index contributed by atoms with van der Waals surface area (Å²) in [5.74, 6) is 1.01. The molecule has 1 atom stereocenters. The lowest BCUT2D eigenvalue weighted by Gasteiger charge is -2.18. The first-order valence-electron chi connectivity index (χ1n) is 7.00. The van der Waals surface area contributed by atoms with Crippen molar-refractivity contribution in [3.05, 3.63) is 46.8 Å². The molecule has 1 unspecified atom stereocenters. The Morgan fingerprint density at radius 3 is 2.76 bits per heavy atom. The molecule has 2 aromatic rings. The summed E-state index contributed by atoms with van der Waals surface area (Å²) >= 11 is 5.80. The number of halogens is 2. The van der Waals surface area contributed by atoms with Crippen LogP contribution >= 0.6 is 11.6 Å². The Balaban J connectivity index is 2.21. The molecule has 0 aliphatic carbocycles. The maximum atomic E-state index is 14.1. The van der Waals surface area contributed by atoms with Crippen LogP contribution in [0.25, 0.3) is 0 Å². The van der Waals surface area contributed by atoms with E-state index in [1.54, 1.807) is 18.5 Å². The first-order chi connectivity index (χ1) is 10.0. The van der Waals surface area contributed by atoms with Crippen LogP contribution in [0.2, 0.25) is 5.02 Å². The second kappa shape index (κ2) is 7.00. The van der Waals surface area contributed by atoms with Crippen molar-refractivity contribution in [2.45, 2.75) is 32.9 Å². The van der Waals surface area contributed by atoms with Crippen LogP contribution in [0.1, 0.15) is 31.3 Å². The molecule has 21 heavy (non-hydrogen) atoms. The van der Waals surface area contributed by atoms with Crippen molar-refractivity contribution in [2.24, 2.45) is 5.92 Å². The summed E-state index contributed by atoms with van der Waals surface area (Å²) in [5.41, 5.74) is 0.584. The van der Waals surface area contributed by atoms with Gasteiger partial charge in [0, 0.05) is 29.6 Å². The lowest BCUT2D eigenvalue weighted by Crippen LogP contribution is -2.22. The number of hydrogen-bond donors (Lipinski definition) is 1. The van der Waals surface area contributed by atoms with Gasteiger partial charge in [-0.3, -0.25) is 0 Å². The van der Waals surface area contributed by atoms with Gasteiger partial charge in [0.1, 0.15) is 18.0 Å². The molecule has 1 aromatic heterocycles. The molecule has 1 N–H and O–H groups in total. The fourth-order valence-corrected chi connectivity index (χ4v) is 2.44. The molecule has 0 saturated carbocycles. The van der Waals surface area contributed by atoms with Gasteiger partial charge >= 0.3 is 0 Å². The summed E-state index contributed by atoms with van der Waals surface area (Å²) in [7, 11) is 1.81. The average molecular weight is 311 g/mol. The second-order valence-electron chi connectivity index (χ2n) is 5.46. The van der Waals surface area contributed by atoms with E-state index in [0.29, 0.717) is 22.9 Å². The minimum Gasteiger partial charge on any atom is -0.313 e. The molecule has 2 rings (SSSR count). The third kappa shape index (κ3) is 4.02. The van der Waals surface area contributed by atoms with Crippen LogP contribution in [-0.4, -0.2) is 21.8 Å². The largest absolute Gasteiger partial charge is 0.313 e. The van der Waals surface area contributed by atoms with Crippen molar-refractivity contribution in [2.75, 3.05) is 7.05 Å². The Morgan fingerprint density at radius 2 is 2.14 bits per heavy atom. The number of likely N-dealkylation sites (N-methyl/N-ethyl adjacent to an activating group) is 1. The first kappa shape index (κ1) is 15.9. The normalized spacial score (nSPS) is 12.9. The van der Waals surface area contributed by atoms with Crippen LogP contribution in [-0.2, 0) is 13.0 Å². The summed E-state index contributed by atoms with van der Waals surface area (Å²) in [6, 6.07) is 4.57. The Bertz CT molecular complexity index is 597. The molecule has 0 spiro atoms. The molecule has 0 bridgehead atoms. The van der Waals surface area contributed by atoms with Gasteiger partial charge in [0.25, 0.3) is 0 Å². The van der Waals surface area contributed by atoms with Crippen LogP contribution in [0.15, 0.2) is 24.5 Å². The van der Waals surface area contributed by atoms with E-state index in [1.165, 1.54) is 6.07 Å². The lowest BCUT2D eigenvalue weighted by molar-refractivity contribution is 0.447. The van der Waals surface area contributed by atoms with E-state index in [1.807, 2.05) is 11.7 Å². The minimum atomic E-state index is -0.309. The average Bonchev–Trinajstić information content (AvgIpc) is 2.83. The molecule has 0 saturated heterocycles. The van der Waals surface area contributed by atoms with Crippen molar-refractivity contribution < 1.29 is 4.39 Å². The van der Waals surface area contributed by atoms with Gasteiger partial charge < -0.3 is 5.32 Å². The van der Waals surface area contributed by atoms with Gasteiger partial charge in [0.2, 0.25) is 0 Å². The summed E-state index contributed by atoms with van der Waals surface area (Å²) in [5, 5.41) is 7.77. The molecule has 0 aliphatic rings. The SMILES string of the molecule is CNC(Cc1ncnn1CC(C)C)c1ccc(Cl)cc1F. The highest BCUT2D eigenvalue weighted by Crippen LogP contribution is 2.23. The van der Waals surface area contributed by atoms with E-state index >= 15 is 0 Å². The number of aromatic nitrogens is 3. The summed E-state index contributed by atoms with van der Waals surface area (Å²) in [6.45, 7) is 5.05. The van der Waals surface area contributed by atoms with Crippen molar-refractivity contribution >= 4 is 11.6 Å². The molecule has 0 radical (unpaired) electrons. The minimum absolute atomic E-state index is 0.169. The Kier molecular flexibility index (Phi) is 5.31. The van der Waals surface area contributed by atoms with Crippen LogP contribution in [0.3, 0.4) is 0 Å². The van der Waals surface area contributed by atoms with Crippen LogP contribution in [0.5, 0.6) is 0 Å². The molecule has 0 aliphatic heterocycles. The predicted molar refractivity (Wildman–Crippen MR) is 81.8 cm³/mol. The fraction of sp³-hybridized carbons (Fsp3) is 0.467. The van der Waals surface area contributed by atoms with E-state index in [2.05, 4.69) is 29.2 Å². The Labute approximate surface area is 129 Å². The monoisotopic (exact) mass is 310 g/mol. The van der Waals surface area contributed by atoms with Gasteiger partial charge in [0.05, 0.1) is 0 Å². The second-order valence-corrected chi connectivity index (χ2v) is 5.90. The van der Waals surface area contributed by atoms with Crippen LogP contribution < -0.4 is 5.32 Å². The highest BCUT2D eigenvalue weighted by atomic mass is 35.5. The number of hydrogen-bond acceptors (Lipinski definition) is 3. The molecule has 1 heterocycles. The molecular formula is C15H20ClFN4. The van der Waals surface area contributed by atoms with E-state index in [9.17, 15) is 4.39 Å². The zero-order valence-electron chi connectivity index (χ0n) is 12.5. The zero-order valence-corrected chi connectivity index (χ0v) is 13.2. The van der Waals surface area contributed by atoms with Gasteiger partial charge in [-0.05, 0) is 25.1 Å². The van der Waals surface area contributed by atoms with Crippen LogP contribution in [0, 0.1) is 11.7 Å². The predicted octanol–water partition coefficient (Wildman–Crippen LogP) is 3.23. The quantitative estimate of drug-likeness (QED) is 0.891. The highest BCUT2D eigenvalue weighted by Gasteiger charge is 2.18.